The van der Waals surface area contributed by atoms with Crippen LogP contribution in [0.1, 0.15) is 18.5 Å². The molecule has 0 aromatic heterocycles. The zero-order valence-electron chi connectivity index (χ0n) is 11.3. The Labute approximate surface area is 129 Å². The minimum atomic E-state index is 0.260. The molecule has 0 aliphatic carbocycles. The van der Waals surface area contributed by atoms with Crippen LogP contribution in [0.2, 0.25) is 0 Å². The molecular weight excluding hydrogens is 353 g/mol. The van der Waals surface area contributed by atoms with Crippen LogP contribution in [-0.2, 0) is 0 Å². The molecule has 0 bridgehead atoms. The Hall–Kier alpha value is -0.370. The molecule has 0 saturated carbocycles. The van der Waals surface area contributed by atoms with Crippen molar-refractivity contribution in [1.29, 1.82) is 0 Å². The minimum absolute atomic E-state index is 0.260. The average molecular weight is 375 g/mol. The van der Waals surface area contributed by atoms with E-state index in [0.717, 1.165) is 32.7 Å². The highest BCUT2D eigenvalue weighted by Crippen LogP contribution is 2.20. The van der Waals surface area contributed by atoms with Crippen molar-refractivity contribution in [2.75, 3.05) is 44.2 Å². The van der Waals surface area contributed by atoms with Crippen LogP contribution in [0.4, 0.5) is 5.69 Å². The third-order valence-corrected chi connectivity index (χ3v) is 4.64. The van der Waals surface area contributed by atoms with Gasteiger partial charge in [-0.1, -0.05) is 12.1 Å². The van der Waals surface area contributed by atoms with Crippen LogP contribution in [0.3, 0.4) is 0 Å². The molecule has 0 radical (unpaired) electrons. The number of halogens is 1. The maximum atomic E-state index is 8.95. The second kappa shape index (κ2) is 7.42. The monoisotopic (exact) mass is 375 g/mol. The first-order valence-corrected chi connectivity index (χ1v) is 7.86. The molecular formula is C14H22IN3O. The highest BCUT2D eigenvalue weighted by atomic mass is 127. The van der Waals surface area contributed by atoms with Gasteiger partial charge in [-0.15, -0.1) is 0 Å². The number of nitrogens with one attached hydrogen (secondary N) is 1. The van der Waals surface area contributed by atoms with E-state index in [2.05, 4.69) is 67.4 Å². The third-order valence-electron chi connectivity index (χ3n) is 3.71. The van der Waals surface area contributed by atoms with Crippen molar-refractivity contribution in [3.05, 3.63) is 29.8 Å². The van der Waals surface area contributed by atoms with Gasteiger partial charge in [-0.25, -0.2) is 0 Å². The largest absolute Gasteiger partial charge is 0.395 e. The van der Waals surface area contributed by atoms with Gasteiger partial charge in [0.2, 0.25) is 0 Å². The van der Waals surface area contributed by atoms with E-state index < -0.39 is 0 Å². The Morgan fingerprint density at radius 3 is 2.37 bits per heavy atom. The first-order valence-electron chi connectivity index (χ1n) is 6.79. The maximum absolute atomic E-state index is 8.95. The molecule has 5 heteroatoms. The first kappa shape index (κ1) is 15.0. The van der Waals surface area contributed by atoms with Gasteiger partial charge < -0.3 is 10.0 Å². The Bertz CT molecular complexity index is 377. The molecule has 1 aliphatic rings. The summed E-state index contributed by atoms with van der Waals surface area (Å²) in [5.41, 5.74) is 2.62. The van der Waals surface area contributed by atoms with Crippen LogP contribution in [0.5, 0.6) is 0 Å². The SMILES string of the molecule is CC(NI)c1ccc(N2CCN(CCO)CC2)cc1. The number of nitrogens with zero attached hydrogens (tertiary/aromatic N) is 2. The molecule has 0 amide bonds. The van der Waals surface area contributed by atoms with Crippen LogP contribution in [0.25, 0.3) is 0 Å². The van der Waals surface area contributed by atoms with Gasteiger partial charge in [0.1, 0.15) is 0 Å². The van der Waals surface area contributed by atoms with E-state index >= 15 is 0 Å². The summed E-state index contributed by atoms with van der Waals surface area (Å²) in [5.74, 6) is 0. The van der Waals surface area contributed by atoms with Crippen LogP contribution < -0.4 is 8.43 Å². The Balaban J connectivity index is 1.92. The van der Waals surface area contributed by atoms with E-state index in [0.29, 0.717) is 6.04 Å². The molecule has 1 saturated heterocycles. The first-order chi connectivity index (χ1) is 9.24. The van der Waals surface area contributed by atoms with Gasteiger partial charge in [0.25, 0.3) is 0 Å². The fourth-order valence-electron chi connectivity index (χ4n) is 2.41. The Kier molecular flexibility index (Phi) is 5.87. The van der Waals surface area contributed by atoms with Gasteiger partial charge in [0.15, 0.2) is 0 Å². The summed E-state index contributed by atoms with van der Waals surface area (Å²) < 4.78 is 3.23. The molecule has 2 rings (SSSR count). The van der Waals surface area contributed by atoms with Crippen molar-refractivity contribution in [1.82, 2.24) is 8.43 Å². The summed E-state index contributed by atoms with van der Waals surface area (Å²) in [7, 11) is 0. The van der Waals surface area contributed by atoms with E-state index in [1.165, 1.54) is 11.3 Å². The molecule has 4 nitrogen and oxygen atoms in total. The van der Waals surface area contributed by atoms with Crippen LogP contribution in [-0.4, -0.2) is 49.3 Å². The standard InChI is InChI=1S/C14H22IN3O/c1-12(16-15)13-2-4-14(5-3-13)18-8-6-17(7-9-18)10-11-19/h2-5,12,16,19H,6-11H2,1H3. The normalized spacial score (nSPS) is 18.6. The lowest BCUT2D eigenvalue weighted by Gasteiger charge is -2.35. The van der Waals surface area contributed by atoms with Gasteiger partial charge in [0.05, 0.1) is 6.61 Å². The Morgan fingerprint density at radius 2 is 1.84 bits per heavy atom. The second-order valence-corrected chi connectivity index (χ2v) is 5.60. The summed E-state index contributed by atoms with van der Waals surface area (Å²) in [6.45, 7) is 7.37. The zero-order valence-corrected chi connectivity index (χ0v) is 13.5. The summed E-state index contributed by atoms with van der Waals surface area (Å²) in [4.78, 5) is 4.73. The van der Waals surface area contributed by atoms with Crippen molar-refractivity contribution in [3.8, 4) is 0 Å². The van der Waals surface area contributed by atoms with E-state index in [1.807, 2.05) is 0 Å². The summed E-state index contributed by atoms with van der Waals surface area (Å²) in [5, 5.41) is 8.95. The highest BCUT2D eigenvalue weighted by molar-refractivity contribution is 14.1. The zero-order chi connectivity index (χ0) is 13.7. The number of hydrogen-bond acceptors (Lipinski definition) is 4. The summed E-state index contributed by atoms with van der Waals surface area (Å²) in [6.07, 6.45) is 0. The summed E-state index contributed by atoms with van der Waals surface area (Å²) >= 11 is 2.19. The molecule has 1 atom stereocenters. The van der Waals surface area contributed by atoms with Gasteiger partial charge in [-0.3, -0.25) is 8.43 Å². The number of piperazine rings is 1. The second-order valence-electron chi connectivity index (χ2n) is 4.97. The molecule has 0 spiro atoms. The lowest BCUT2D eigenvalue weighted by atomic mass is 10.1. The van der Waals surface area contributed by atoms with Crippen molar-refractivity contribution in [2.45, 2.75) is 13.0 Å². The number of β-amino-alcohol motifs (C(OH)–C–C–N with tert-alkyl or cyclic N) is 1. The fraction of sp³-hybridized carbons (Fsp3) is 0.571. The van der Waals surface area contributed by atoms with Crippen LogP contribution in [0, 0.1) is 0 Å². The molecule has 19 heavy (non-hydrogen) atoms. The number of rotatable bonds is 5. The molecule has 1 aromatic carbocycles. The number of hydrogen-bond donors (Lipinski definition) is 2. The predicted molar refractivity (Wildman–Crippen MR) is 87.8 cm³/mol. The van der Waals surface area contributed by atoms with Crippen molar-refractivity contribution in [3.63, 3.8) is 0 Å². The van der Waals surface area contributed by atoms with Crippen LogP contribution in [0.15, 0.2) is 24.3 Å². The highest BCUT2D eigenvalue weighted by Gasteiger charge is 2.16. The van der Waals surface area contributed by atoms with Crippen molar-refractivity contribution >= 4 is 28.6 Å². The van der Waals surface area contributed by atoms with Gasteiger partial charge in [0, 0.05) is 67.3 Å². The topological polar surface area (TPSA) is 38.7 Å². The van der Waals surface area contributed by atoms with E-state index in [9.17, 15) is 0 Å². The smallest absolute Gasteiger partial charge is 0.0558 e. The number of benzene rings is 1. The lowest BCUT2D eigenvalue weighted by molar-refractivity contribution is 0.189. The minimum Gasteiger partial charge on any atom is -0.395 e. The van der Waals surface area contributed by atoms with Gasteiger partial charge in [-0.05, 0) is 24.6 Å². The molecule has 1 heterocycles. The number of aliphatic hydroxyl groups is 1. The third kappa shape index (κ3) is 4.05. The maximum Gasteiger partial charge on any atom is 0.0558 e. The fourth-order valence-corrected chi connectivity index (χ4v) is 2.77. The van der Waals surface area contributed by atoms with Crippen LogP contribution >= 0.6 is 22.9 Å². The van der Waals surface area contributed by atoms with E-state index in [1.54, 1.807) is 0 Å². The molecule has 2 N–H and O–H groups in total. The number of aliphatic hydroxyl groups excluding tert-OH is 1. The van der Waals surface area contributed by atoms with Crippen molar-refractivity contribution < 1.29 is 5.11 Å². The number of anilines is 1. The quantitative estimate of drug-likeness (QED) is 0.608. The summed E-state index contributed by atoms with van der Waals surface area (Å²) in [6, 6.07) is 9.21. The van der Waals surface area contributed by atoms with Gasteiger partial charge >= 0.3 is 0 Å². The molecule has 106 valence electrons. The lowest BCUT2D eigenvalue weighted by Crippen LogP contribution is -2.47. The molecule has 1 fully saturated rings. The molecule has 1 aromatic rings. The van der Waals surface area contributed by atoms with Gasteiger partial charge in [-0.2, -0.15) is 0 Å². The van der Waals surface area contributed by atoms with Crippen molar-refractivity contribution in [2.24, 2.45) is 0 Å². The van der Waals surface area contributed by atoms with E-state index in [4.69, 9.17) is 5.11 Å². The Morgan fingerprint density at radius 1 is 1.21 bits per heavy atom. The molecule has 1 unspecified atom stereocenters. The average Bonchev–Trinajstić information content (AvgIpc) is 2.48. The van der Waals surface area contributed by atoms with E-state index in [-0.39, 0.29) is 6.61 Å². The molecule has 1 aliphatic heterocycles. The predicted octanol–water partition coefficient (Wildman–Crippen LogP) is 1.80.